The van der Waals surface area contributed by atoms with Crippen molar-refractivity contribution in [1.82, 2.24) is 20.4 Å². The van der Waals surface area contributed by atoms with Crippen LogP contribution in [0.3, 0.4) is 0 Å². The molecule has 8 heteroatoms. The van der Waals surface area contributed by atoms with Gasteiger partial charge in [-0.05, 0) is 30.0 Å². The lowest BCUT2D eigenvalue weighted by atomic mass is 10.1. The molecule has 0 unspecified atom stereocenters. The normalized spacial score (nSPS) is 10.8. The highest BCUT2D eigenvalue weighted by atomic mass is 127. The van der Waals surface area contributed by atoms with Crippen LogP contribution in [-0.2, 0) is 22.6 Å². The van der Waals surface area contributed by atoms with Crippen LogP contribution in [0.4, 0.5) is 0 Å². The molecule has 1 aromatic heterocycles. The molecular formula is C19H28IN5O2. The third-order valence-electron chi connectivity index (χ3n) is 4.01. The van der Waals surface area contributed by atoms with E-state index in [1.165, 1.54) is 18.2 Å². The van der Waals surface area contributed by atoms with Crippen LogP contribution >= 0.6 is 24.0 Å². The van der Waals surface area contributed by atoms with E-state index in [4.69, 9.17) is 0 Å². The van der Waals surface area contributed by atoms with E-state index in [-0.39, 0.29) is 29.9 Å². The Kier molecular flexibility index (Phi) is 11.2. The second-order valence-electron chi connectivity index (χ2n) is 5.86. The van der Waals surface area contributed by atoms with Crippen molar-refractivity contribution in [3.63, 3.8) is 0 Å². The lowest BCUT2D eigenvalue weighted by molar-refractivity contribution is -0.140. The Balaban J connectivity index is 0.00000364. The number of halogens is 1. The van der Waals surface area contributed by atoms with Gasteiger partial charge in [0.25, 0.3) is 0 Å². The smallest absolute Gasteiger partial charge is 0.305 e. The van der Waals surface area contributed by atoms with E-state index in [1.54, 1.807) is 13.2 Å². The summed E-state index contributed by atoms with van der Waals surface area (Å²) in [6.45, 7) is 2.18. The molecule has 27 heavy (non-hydrogen) atoms. The van der Waals surface area contributed by atoms with E-state index in [0.29, 0.717) is 13.0 Å². The number of nitrogens with zero attached hydrogens (tertiary/aromatic N) is 3. The number of benzene rings is 1. The van der Waals surface area contributed by atoms with Crippen molar-refractivity contribution in [2.45, 2.75) is 32.4 Å². The van der Waals surface area contributed by atoms with Gasteiger partial charge in [0.15, 0.2) is 5.96 Å². The first-order valence-electron chi connectivity index (χ1n) is 8.78. The van der Waals surface area contributed by atoms with Gasteiger partial charge in [0, 0.05) is 39.0 Å². The van der Waals surface area contributed by atoms with Crippen LogP contribution in [0.15, 0.2) is 47.7 Å². The van der Waals surface area contributed by atoms with Gasteiger partial charge in [-0.1, -0.05) is 24.3 Å². The summed E-state index contributed by atoms with van der Waals surface area (Å²) in [5.74, 6) is 0.582. The maximum atomic E-state index is 11.1. The predicted octanol–water partition coefficient (Wildman–Crippen LogP) is 2.56. The van der Waals surface area contributed by atoms with Crippen LogP contribution in [0.5, 0.6) is 0 Å². The Morgan fingerprint density at radius 2 is 1.96 bits per heavy atom. The lowest BCUT2D eigenvalue weighted by Gasteiger charge is -2.14. The minimum atomic E-state index is -0.165. The van der Waals surface area contributed by atoms with Gasteiger partial charge in [-0.15, -0.1) is 24.0 Å². The van der Waals surface area contributed by atoms with Crippen LogP contribution in [0.25, 0.3) is 0 Å². The van der Waals surface area contributed by atoms with Crippen molar-refractivity contribution in [2.24, 2.45) is 4.99 Å². The van der Waals surface area contributed by atoms with Gasteiger partial charge in [-0.3, -0.25) is 14.5 Å². The van der Waals surface area contributed by atoms with Gasteiger partial charge in [0.2, 0.25) is 0 Å². The maximum absolute atomic E-state index is 11.1. The molecule has 2 aromatic rings. The molecule has 0 spiro atoms. The molecule has 0 aliphatic rings. The van der Waals surface area contributed by atoms with Crippen molar-refractivity contribution in [3.05, 3.63) is 53.9 Å². The maximum Gasteiger partial charge on any atom is 0.305 e. The fourth-order valence-corrected chi connectivity index (χ4v) is 2.56. The summed E-state index contributed by atoms with van der Waals surface area (Å²) in [6, 6.07) is 10.2. The van der Waals surface area contributed by atoms with Crippen LogP contribution in [0.1, 0.15) is 30.4 Å². The molecule has 0 radical (unpaired) electrons. The number of hydrogen-bond donors (Lipinski definition) is 2. The van der Waals surface area contributed by atoms with Crippen molar-refractivity contribution < 1.29 is 9.53 Å². The molecule has 0 bridgehead atoms. The molecular weight excluding hydrogens is 457 g/mol. The Morgan fingerprint density at radius 1 is 1.19 bits per heavy atom. The first kappa shape index (κ1) is 22.9. The van der Waals surface area contributed by atoms with Crippen LogP contribution < -0.4 is 10.6 Å². The van der Waals surface area contributed by atoms with E-state index in [0.717, 1.165) is 31.9 Å². The zero-order valence-electron chi connectivity index (χ0n) is 15.9. The van der Waals surface area contributed by atoms with Crippen LogP contribution in [0, 0.1) is 0 Å². The summed E-state index contributed by atoms with van der Waals surface area (Å²) in [7, 11) is 3.16. The van der Waals surface area contributed by atoms with Gasteiger partial charge in [0.05, 0.1) is 13.7 Å². The molecule has 0 aliphatic carbocycles. The number of aliphatic imine (C=N–C) groups is 1. The van der Waals surface area contributed by atoms with Crippen LogP contribution in [-0.4, -0.2) is 42.4 Å². The van der Waals surface area contributed by atoms with Crippen molar-refractivity contribution in [1.29, 1.82) is 0 Å². The number of methoxy groups -OCH3 is 1. The molecule has 148 valence electrons. The monoisotopic (exact) mass is 485 g/mol. The molecule has 0 saturated heterocycles. The average molecular weight is 485 g/mol. The Morgan fingerprint density at radius 3 is 2.63 bits per heavy atom. The summed E-state index contributed by atoms with van der Waals surface area (Å²) in [5.41, 5.74) is 2.42. The Bertz CT molecular complexity index is 704. The topological polar surface area (TPSA) is 80.5 Å². The van der Waals surface area contributed by atoms with Crippen molar-refractivity contribution >= 4 is 35.9 Å². The Hall–Kier alpha value is -2.10. The number of rotatable bonds is 9. The number of carbonyl (C=O) groups is 1. The summed E-state index contributed by atoms with van der Waals surface area (Å²) in [4.78, 5) is 15.3. The number of guanidine groups is 1. The summed E-state index contributed by atoms with van der Waals surface area (Å²) >= 11 is 0. The van der Waals surface area contributed by atoms with Gasteiger partial charge in [-0.2, -0.15) is 5.10 Å². The van der Waals surface area contributed by atoms with Crippen molar-refractivity contribution in [2.75, 3.05) is 20.7 Å². The first-order chi connectivity index (χ1) is 12.7. The zero-order chi connectivity index (χ0) is 18.6. The van der Waals surface area contributed by atoms with Gasteiger partial charge < -0.3 is 15.4 Å². The van der Waals surface area contributed by atoms with Crippen LogP contribution in [0.2, 0.25) is 0 Å². The Labute approximate surface area is 177 Å². The zero-order valence-corrected chi connectivity index (χ0v) is 18.2. The largest absolute Gasteiger partial charge is 0.469 e. The van der Waals surface area contributed by atoms with E-state index >= 15 is 0 Å². The molecule has 0 atom stereocenters. The molecule has 7 nitrogen and oxygen atoms in total. The average Bonchev–Trinajstić information content (AvgIpc) is 3.18. The fourth-order valence-electron chi connectivity index (χ4n) is 2.56. The molecule has 0 amide bonds. The molecule has 0 aliphatic heterocycles. The first-order valence-corrected chi connectivity index (χ1v) is 8.78. The van der Waals surface area contributed by atoms with E-state index in [1.807, 2.05) is 29.1 Å². The second kappa shape index (κ2) is 13.1. The number of nitrogens with one attached hydrogen (secondary N) is 2. The third-order valence-corrected chi connectivity index (χ3v) is 4.01. The SMILES string of the molecule is CN=C(NCCCCC(=O)OC)NCc1ccccc1Cn1cccn1.I. The number of esters is 1. The van der Waals surface area contributed by atoms with E-state index in [9.17, 15) is 4.79 Å². The second-order valence-corrected chi connectivity index (χ2v) is 5.86. The highest BCUT2D eigenvalue weighted by Crippen LogP contribution is 2.10. The van der Waals surface area contributed by atoms with E-state index in [2.05, 4.69) is 37.6 Å². The number of unbranched alkanes of at least 4 members (excludes halogenated alkanes) is 1. The highest BCUT2D eigenvalue weighted by Gasteiger charge is 2.05. The van der Waals surface area contributed by atoms with Gasteiger partial charge in [-0.25, -0.2) is 0 Å². The number of carbonyl (C=O) groups excluding carboxylic acids is 1. The third kappa shape index (κ3) is 8.42. The molecule has 1 aromatic carbocycles. The number of ether oxygens (including phenoxy) is 1. The quantitative estimate of drug-likeness (QED) is 0.188. The summed E-state index contributed by atoms with van der Waals surface area (Å²) in [5, 5.41) is 10.9. The fraction of sp³-hybridized carbons (Fsp3) is 0.421. The number of aromatic nitrogens is 2. The minimum absolute atomic E-state index is 0. The molecule has 1 heterocycles. The molecule has 2 N–H and O–H groups in total. The molecule has 0 saturated carbocycles. The summed E-state index contributed by atoms with van der Waals surface area (Å²) in [6.07, 6.45) is 5.87. The van der Waals surface area contributed by atoms with Crippen molar-refractivity contribution in [3.8, 4) is 0 Å². The predicted molar refractivity (Wildman–Crippen MR) is 117 cm³/mol. The highest BCUT2D eigenvalue weighted by molar-refractivity contribution is 14.0. The summed E-state index contributed by atoms with van der Waals surface area (Å²) < 4.78 is 6.54. The standard InChI is InChI=1S/C19H27N5O2.HI/c1-20-19(21-11-6-5-10-18(25)26-2)22-14-16-8-3-4-9-17(16)15-24-13-7-12-23-24;/h3-4,7-9,12-13H,5-6,10-11,14-15H2,1-2H3,(H2,20,21,22);1H. The minimum Gasteiger partial charge on any atom is -0.469 e. The molecule has 2 rings (SSSR count). The molecule has 0 fully saturated rings. The number of hydrogen-bond acceptors (Lipinski definition) is 4. The lowest BCUT2D eigenvalue weighted by Crippen LogP contribution is -2.37. The van der Waals surface area contributed by atoms with E-state index < -0.39 is 0 Å². The van der Waals surface area contributed by atoms with Gasteiger partial charge in [0.1, 0.15) is 0 Å². The van der Waals surface area contributed by atoms with Gasteiger partial charge >= 0.3 is 5.97 Å².